The van der Waals surface area contributed by atoms with E-state index >= 15 is 0 Å². The van der Waals surface area contributed by atoms with Gasteiger partial charge >= 0.3 is 6.18 Å². The van der Waals surface area contributed by atoms with E-state index in [2.05, 4.69) is 29.5 Å². The highest BCUT2D eigenvalue weighted by molar-refractivity contribution is 5.92. The van der Waals surface area contributed by atoms with Gasteiger partial charge in [-0.2, -0.15) is 13.2 Å². The fourth-order valence-electron chi connectivity index (χ4n) is 2.11. The van der Waals surface area contributed by atoms with E-state index in [4.69, 9.17) is 0 Å². The minimum absolute atomic E-state index is 0.262. The van der Waals surface area contributed by atoms with Crippen LogP contribution in [0.15, 0.2) is 42.6 Å². The second-order valence-electron chi connectivity index (χ2n) is 6.07. The summed E-state index contributed by atoms with van der Waals surface area (Å²) in [5.74, 6) is 0.221. The first-order valence-electron chi connectivity index (χ1n) is 7.94. The van der Waals surface area contributed by atoms with Crippen molar-refractivity contribution >= 4 is 17.3 Å². The number of amides is 1. The van der Waals surface area contributed by atoms with Crippen molar-refractivity contribution in [3.05, 3.63) is 53.9 Å². The monoisotopic (exact) mass is 351 g/mol. The van der Waals surface area contributed by atoms with Crippen LogP contribution in [0, 0.1) is 5.92 Å². The zero-order valence-corrected chi connectivity index (χ0v) is 14.0. The van der Waals surface area contributed by atoms with Crippen molar-refractivity contribution < 1.29 is 18.0 Å². The maximum atomic E-state index is 12.7. The number of hydrogen-bond donors (Lipinski definition) is 2. The number of aromatic nitrogens is 1. The summed E-state index contributed by atoms with van der Waals surface area (Å²) in [5, 5.41) is 5.62. The zero-order chi connectivity index (χ0) is 18.4. The van der Waals surface area contributed by atoms with Gasteiger partial charge in [-0.1, -0.05) is 19.9 Å². The Hall–Kier alpha value is -2.57. The van der Waals surface area contributed by atoms with Crippen LogP contribution < -0.4 is 10.6 Å². The number of hydrogen-bond acceptors (Lipinski definition) is 3. The largest absolute Gasteiger partial charge is 0.416 e. The standard InChI is InChI=1S/C18H20F3N3O/c1-12(2)8-9-22-17(25)16-7-6-15(11-23-16)24-14-5-3-4-13(10-14)18(19,20)21/h3-7,10-12,24H,8-9H2,1-2H3,(H,22,25). The molecule has 1 amide bonds. The second kappa shape index (κ2) is 8.00. The molecule has 1 aromatic carbocycles. The molecular formula is C18H20F3N3O. The fraction of sp³-hybridized carbons (Fsp3) is 0.333. The van der Waals surface area contributed by atoms with Crippen LogP contribution >= 0.6 is 0 Å². The van der Waals surface area contributed by atoms with E-state index in [1.807, 2.05) is 0 Å². The molecule has 4 nitrogen and oxygen atoms in total. The van der Waals surface area contributed by atoms with Gasteiger partial charge in [-0.25, -0.2) is 4.98 Å². The number of alkyl halides is 3. The van der Waals surface area contributed by atoms with Crippen LogP contribution in [0.4, 0.5) is 24.5 Å². The van der Waals surface area contributed by atoms with E-state index < -0.39 is 11.7 Å². The van der Waals surface area contributed by atoms with Gasteiger partial charge in [-0.15, -0.1) is 0 Å². The summed E-state index contributed by atoms with van der Waals surface area (Å²) in [4.78, 5) is 16.0. The lowest BCUT2D eigenvalue weighted by Crippen LogP contribution is -2.26. The van der Waals surface area contributed by atoms with Gasteiger partial charge in [0.1, 0.15) is 5.69 Å². The summed E-state index contributed by atoms with van der Waals surface area (Å²) >= 11 is 0. The Labute approximate surface area is 144 Å². The summed E-state index contributed by atoms with van der Waals surface area (Å²) in [7, 11) is 0. The zero-order valence-electron chi connectivity index (χ0n) is 14.0. The maximum absolute atomic E-state index is 12.7. The molecule has 134 valence electrons. The lowest BCUT2D eigenvalue weighted by atomic mass is 10.1. The molecule has 0 spiro atoms. The van der Waals surface area contributed by atoms with Crippen molar-refractivity contribution in [2.45, 2.75) is 26.4 Å². The van der Waals surface area contributed by atoms with Crippen molar-refractivity contribution in [1.29, 1.82) is 0 Å². The molecule has 25 heavy (non-hydrogen) atoms. The van der Waals surface area contributed by atoms with Gasteiger partial charge in [0.25, 0.3) is 5.91 Å². The van der Waals surface area contributed by atoms with Crippen molar-refractivity contribution in [3.8, 4) is 0 Å². The van der Waals surface area contributed by atoms with E-state index in [-0.39, 0.29) is 11.6 Å². The van der Waals surface area contributed by atoms with Crippen molar-refractivity contribution in [1.82, 2.24) is 10.3 Å². The normalized spacial score (nSPS) is 11.4. The summed E-state index contributed by atoms with van der Waals surface area (Å²) in [5.41, 5.74) is 0.328. The maximum Gasteiger partial charge on any atom is 0.416 e. The van der Waals surface area contributed by atoms with E-state index in [1.54, 1.807) is 6.07 Å². The van der Waals surface area contributed by atoms with Crippen LogP contribution in [0.5, 0.6) is 0 Å². The molecule has 1 aromatic heterocycles. The fourth-order valence-corrected chi connectivity index (χ4v) is 2.11. The number of halogens is 3. The molecule has 0 aliphatic carbocycles. The number of benzene rings is 1. The van der Waals surface area contributed by atoms with E-state index in [0.717, 1.165) is 18.6 Å². The van der Waals surface area contributed by atoms with Gasteiger partial charge in [0.15, 0.2) is 0 Å². The summed E-state index contributed by atoms with van der Waals surface area (Å²) in [6, 6.07) is 8.02. The molecule has 2 N–H and O–H groups in total. The van der Waals surface area contributed by atoms with Gasteiger partial charge in [0.2, 0.25) is 0 Å². The molecule has 7 heteroatoms. The highest BCUT2D eigenvalue weighted by Crippen LogP contribution is 2.31. The Kier molecular flexibility index (Phi) is 6.01. The van der Waals surface area contributed by atoms with E-state index in [9.17, 15) is 18.0 Å². The molecule has 2 rings (SSSR count). The highest BCUT2D eigenvalue weighted by atomic mass is 19.4. The number of nitrogens with one attached hydrogen (secondary N) is 2. The molecule has 0 atom stereocenters. The first-order chi connectivity index (χ1) is 11.8. The Morgan fingerprint density at radius 1 is 1.16 bits per heavy atom. The van der Waals surface area contributed by atoms with Gasteiger partial charge in [-0.3, -0.25) is 4.79 Å². The Morgan fingerprint density at radius 2 is 1.92 bits per heavy atom. The summed E-state index contributed by atoms with van der Waals surface area (Å²) in [6.45, 7) is 4.71. The molecular weight excluding hydrogens is 331 g/mol. The average Bonchev–Trinajstić information content (AvgIpc) is 2.54. The van der Waals surface area contributed by atoms with Crippen LogP contribution in [0.2, 0.25) is 0 Å². The third kappa shape index (κ3) is 5.77. The van der Waals surface area contributed by atoms with Crippen LogP contribution in [0.1, 0.15) is 36.3 Å². The second-order valence-corrected chi connectivity index (χ2v) is 6.07. The number of carbonyl (C=O) groups excluding carboxylic acids is 1. The molecule has 0 aliphatic heterocycles. The SMILES string of the molecule is CC(C)CCNC(=O)c1ccc(Nc2cccc(C(F)(F)F)c2)cn1. The minimum atomic E-state index is -4.39. The molecule has 0 bridgehead atoms. The number of pyridine rings is 1. The Morgan fingerprint density at radius 3 is 2.52 bits per heavy atom. The van der Waals surface area contributed by atoms with Crippen LogP contribution in [0.3, 0.4) is 0 Å². The number of carbonyl (C=O) groups is 1. The molecule has 0 saturated carbocycles. The van der Waals surface area contributed by atoms with Crippen LogP contribution in [0.25, 0.3) is 0 Å². The van der Waals surface area contributed by atoms with Gasteiger partial charge in [0, 0.05) is 12.2 Å². The number of anilines is 2. The highest BCUT2D eigenvalue weighted by Gasteiger charge is 2.30. The molecule has 2 aromatic rings. The number of nitrogens with zero attached hydrogens (tertiary/aromatic N) is 1. The molecule has 0 fully saturated rings. The molecule has 0 aliphatic rings. The third-order valence-electron chi connectivity index (χ3n) is 3.48. The van der Waals surface area contributed by atoms with Crippen LogP contribution in [-0.4, -0.2) is 17.4 Å². The molecule has 0 unspecified atom stereocenters. The third-order valence-corrected chi connectivity index (χ3v) is 3.48. The molecule has 1 heterocycles. The Bertz CT molecular complexity index is 712. The first kappa shape index (κ1) is 18.8. The van der Waals surface area contributed by atoms with Gasteiger partial charge in [0.05, 0.1) is 17.4 Å². The van der Waals surface area contributed by atoms with Crippen molar-refractivity contribution in [3.63, 3.8) is 0 Å². The summed E-state index contributed by atoms with van der Waals surface area (Å²) < 4.78 is 38.1. The lowest BCUT2D eigenvalue weighted by Gasteiger charge is -2.11. The topological polar surface area (TPSA) is 54.0 Å². The van der Waals surface area contributed by atoms with Crippen molar-refractivity contribution in [2.24, 2.45) is 5.92 Å². The quantitative estimate of drug-likeness (QED) is 0.798. The number of rotatable bonds is 6. The predicted octanol–water partition coefficient (Wildman–Crippen LogP) is 4.62. The predicted molar refractivity (Wildman–Crippen MR) is 90.8 cm³/mol. The molecule has 0 radical (unpaired) electrons. The van der Waals surface area contributed by atoms with Crippen molar-refractivity contribution in [2.75, 3.05) is 11.9 Å². The van der Waals surface area contributed by atoms with Gasteiger partial charge < -0.3 is 10.6 Å². The smallest absolute Gasteiger partial charge is 0.354 e. The van der Waals surface area contributed by atoms with E-state index in [0.29, 0.717) is 23.8 Å². The minimum Gasteiger partial charge on any atom is -0.354 e. The lowest BCUT2D eigenvalue weighted by molar-refractivity contribution is -0.137. The average molecular weight is 351 g/mol. The van der Waals surface area contributed by atoms with E-state index in [1.165, 1.54) is 24.4 Å². The van der Waals surface area contributed by atoms with Crippen LogP contribution in [-0.2, 0) is 6.18 Å². The molecule has 0 saturated heterocycles. The Balaban J connectivity index is 2.00. The first-order valence-corrected chi connectivity index (χ1v) is 7.94. The summed E-state index contributed by atoms with van der Waals surface area (Å²) in [6.07, 6.45) is -2.10. The van der Waals surface area contributed by atoms with Gasteiger partial charge in [-0.05, 0) is 42.7 Å².